The fourth-order valence-electron chi connectivity index (χ4n) is 2.64. The molecule has 0 bridgehead atoms. The van der Waals surface area contributed by atoms with Crippen molar-refractivity contribution in [3.05, 3.63) is 48.3 Å². The summed E-state index contributed by atoms with van der Waals surface area (Å²) in [6, 6.07) is 8.72. The number of nitrogens with zero attached hydrogens (tertiary/aromatic N) is 3. The Kier molecular flexibility index (Phi) is 4.12. The summed E-state index contributed by atoms with van der Waals surface area (Å²) in [6.45, 7) is 0. The first-order valence-corrected chi connectivity index (χ1v) is 9.13. The molecule has 0 saturated carbocycles. The van der Waals surface area contributed by atoms with E-state index in [9.17, 15) is 13.2 Å². The van der Waals surface area contributed by atoms with Crippen LogP contribution in [0, 0.1) is 0 Å². The van der Waals surface area contributed by atoms with E-state index in [1.165, 1.54) is 11.1 Å². The Morgan fingerprint density at radius 2 is 1.96 bits per heavy atom. The minimum atomic E-state index is -3.02. The number of carbonyl (C=O) groups is 1. The molecule has 0 aliphatic carbocycles. The number of carbonyl (C=O) groups excluding carboxylic acids is 1. The Morgan fingerprint density at radius 1 is 1.17 bits per heavy atom. The fraction of sp³-hybridized carbons (Fsp3) is 0.312. The van der Waals surface area contributed by atoms with Crippen LogP contribution in [0.25, 0.3) is 11.4 Å². The van der Waals surface area contributed by atoms with Gasteiger partial charge in [-0.3, -0.25) is 14.8 Å². The second-order valence-corrected chi connectivity index (χ2v) is 7.85. The van der Waals surface area contributed by atoms with E-state index in [0.29, 0.717) is 17.7 Å². The molecule has 0 spiro atoms. The Hall–Kier alpha value is -2.28. The predicted molar refractivity (Wildman–Crippen MR) is 86.6 cm³/mol. The molecular weight excluding hydrogens is 314 g/mol. The van der Waals surface area contributed by atoms with Crippen molar-refractivity contribution in [2.24, 2.45) is 0 Å². The van der Waals surface area contributed by atoms with Gasteiger partial charge in [0.1, 0.15) is 0 Å². The standard InChI is InChI=1S/C16H17N3O3S/c1-19(13-7-9-23(21,22)11-13)16(20)12-5-6-15(18-10-12)14-4-2-3-8-17-14/h2-6,8,10,13H,7,9,11H2,1H3. The van der Waals surface area contributed by atoms with Gasteiger partial charge in [0.25, 0.3) is 5.91 Å². The van der Waals surface area contributed by atoms with Crippen molar-refractivity contribution in [3.63, 3.8) is 0 Å². The van der Waals surface area contributed by atoms with E-state index in [-0.39, 0.29) is 23.5 Å². The highest BCUT2D eigenvalue weighted by atomic mass is 32.2. The molecule has 7 heteroatoms. The molecule has 2 aromatic rings. The predicted octanol–water partition coefficient (Wildman–Crippen LogP) is 1.40. The maximum Gasteiger partial charge on any atom is 0.255 e. The third-order valence-electron chi connectivity index (χ3n) is 4.01. The summed E-state index contributed by atoms with van der Waals surface area (Å²) in [5.41, 5.74) is 1.87. The molecule has 2 aromatic heterocycles. The fourth-order valence-corrected chi connectivity index (χ4v) is 4.41. The van der Waals surface area contributed by atoms with Crippen LogP contribution < -0.4 is 0 Å². The van der Waals surface area contributed by atoms with Crippen LogP contribution in [0.4, 0.5) is 0 Å². The molecule has 0 radical (unpaired) electrons. The average Bonchev–Trinajstić information content (AvgIpc) is 2.94. The Labute approximate surface area is 135 Å². The van der Waals surface area contributed by atoms with Crippen LogP contribution >= 0.6 is 0 Å². The van der Waals surface area contributed by atoms with E-state index >= 15 is 0 Å². The zero-order valence-electron chi connectivity index (χ0n) is 12.7. The molecule has 6 nitrogen and oxygen atoms in total. The first-order valence-electron chi connectivity index (χ1n) is 7.31. The molecule has 3 heterocycles. The molecule has 23 heavy (non-hydrogen) atoms. The van der Waals surface area contributed by atoms with Gasteiger partial charge in [-0.25, -0.2) is 8.42 Å². The number of rotatable bonds is 3. The number of pyridine rings is 2. The summed E-state index contributed by atoms with van der Waals surface area (Å²) in [5, 5.41) is 0. The lowest BCUT2D eigenvalue weighted by atomic mass is 10.1. The van der Waals surface area contributed by atoms with E-state index in [1.807, 2.05) is 18.2 Å². The summed E-state index contributed by atoms with van der Waals surface area (Å²) < 4.78 is 23.1. The van der Waals surface area contributed by atoms with Gasteiger partial charge in [0.15, 0.2) is 9.84 Å². The number of aromatic nitrogens is 2. The lowest BCUT2D eigenvalue weighted by Crippen LogP contribution is -2.37. The van der Waals surface area contributed by atoms with E-state index in [0.717, 1.165) is 5.69 Å². The molecule has 1 unspecified atom stereocenters. The summed E-state index contributed by atoms with van der Waals surface area (Å²) in [6.07, 6.45) is 3.68. The quantitative estimate of drug-likeness (QED) is 0.849. The first-order chi connectivity index (χ1) is 11.0. The summed E-state index contributed by atoms with van der Waals surface area (Å²) in [4.78, 5) is 22.5. The van der Waals surface area contributed by atoms with Crippen LogP contribution in [0.1, 0.15) is 16.8 Å². The van der Waals surface area contributed by atoms with Crippen molar-refractivity contribution >= 4 is 15.7 Å². The SMILES string of the molecule is CN(C(=O)c1ccc(-c2ccccn2)nc1)C1CCS(=O)(=O)C1. The van der Waals surface area contributed by atoms with Crippen LogP contribution in [0.2, 0.25) is 0 Å². The van der Waals surface area contributed by atoms with Gasteiger partial charge in [-0.2, -0.15) is 0 Å². The van der Waals surface area contributed by atoms with Gasteiger partial charge in [-0.05, 0) is 30.7 Å². The zero-order valence-corrected chi connectivity index (χ0v) is 13.5. The number of sulfone groups is 1. The van der Waals surface area contributed by atoms with Crippen LogP contribution in [0.3, 0.4) is 0 Å². The summed E-state index contributed by atoms with van der Waals surface area (Å²) >= 11 is 0. The lowest BCUT2D eigenvalue weighted by molar-refractivity contribution is 0.0747. The summed E-state index contributed by atoms with van der Waals surface area (Å²) in [7, 11) is -1.38. The average molecular weight is 331 g/mol. The summed E-state index contributed by atoms with van der Waals surface area (Å²) in [5.74, 6) is -0.0342. The normalized spacial score (nSPS) is 19.4. The molecule has 1 aliphatic heterocycles. The van der Waals surface area contributed by atoms with E-state index in [2.05, 4.69) is 9.97 Å². The van der Waals surface area contributed by atoms with Crippen LogP contribution in [-0.4, -0.2) is 53.8 Å². The third-order valence-corrected chi connectivity index (χ3v) is 5.76. The molecule has 1 aliphatic rings. The van der Waals surface area contributed by atoms with Crippen molar-refractivity contribution in [1.29, 1.82) is 0 Å². The van der Waals surface area contributed by atoms with Crippen LogP contribution in [0.15, 0.2) is 42.7 Å². The van der Waals surface area contributed by atoms with E-state index < -0.39 is 9.84 Å². The monoisotopic (exact) mass is 331 g/mol. The smallest absolute Gasteiger partial charge is 0.255 e. The molecule has 0 aromatic carbocycles. The Balaban J connectivity index is 1.75. The van der Waals surface area contributed by atoms with Gasteiger partial charge in [0.05, 0.1) is 28.5 Å². The molecule has 1 fully saturated rings. The van der Waals surface area contributed by atoms with Gasteiger partial charge >= 0.3 is 0 Å². The van der Waals surface area contributed by atoms with Gasteiger partial charge in [-0.1, -0.05) is 6.07 Å². The number of hydrogen-bond donors (Lipinski definition) is 0. The molecule has 1 amide bonds. The van der Waals surface area contributed by atoms with Crippen molar-refractivity contribution in [2.75, 3.05) is 18.6 Å². The molecular formula is C16H17N3O3S. The minimum Gasteiger partial charge on any atom is -0.338 e. The molecule has 3 rings (SSSR count). The Morgan fingerprint density at radius 3 is 2.52 bits per heavy atom. The second-order valence-electron chi connectivity index (χ2n) is 5.62. The molecule has 1 atom stereocenters. The minimum absolute atomic E-state index is 0.0364. The maximum atomic E-state index is 12.5. The second kappa shape index (κ2) is 6.08. The van der Waals surface area contributed by atoms with Crippen molar-refractivity contribution in [1.82, 2.24) is 14.9 Å². The van der Waals surface area contributed by atoms with E-state index in [4.69, 9.17) is 0 Å². The molecule has 1 saturated heterocycles. The van der Waals surface area contributed by atoms with Gasteiger partial charge in [0, 0.05) is 25.5 Å². The largest absolute Gasteiger partial charge is 0.338 e. The topological polar surface area (TPSA) is 80.2 Å². The highest BCUT2D eigenvalue weighted by Gasteiger charge is 2.33. The molecule has 0 N–H and O–H groups in total. The lowest BCUT2D eigenvalue weighted by Gasteiger charge is -2.23. The Bertz CT molecular complexity index is 804. The van der Waals surface area contributed by atoms with E-state index in [1.54, 1.807) is 25.4 Å². The van der Waals surface area contributed by atoms with Crippen molar-refractivity contribution in [2.45, 2.75) is 12.5 Å². The van der Waals surface area contributed by atoms with Crippen LogP contribution in [-0.2, 0) is 9.84 Å². The highest BCUT2D eigenvalue weighted by Crippen LogP contribution is 2.19. The number of amides is 1. The van der Waals surface area contributed by atoms with Gasteiger partial charge in [-0.15, -0.1) is 0 Å². The number of hydrogen-bond acceptors (Lipinski definition) is 5. The van der Waals surface area contributed by atoms with Crippen molar-refractivity contribution in [3.8, 4) is 11.4 Å². The first kappa shape index (κ1) is 15.6. The van der Waals surface area contributed by atoms with Gasteiger partial charge < -0.3 is 4.90 Å². The van der Waals surface area contributed by atoms with Crippen molar-refractivity contribution < 1.29 is 13.2 Å². The van der Waals surface area contributed by atoms with Crippen LogP contribution in [0.5, 0.6) is 0 Å². The molecule has 120 valence electrons. The zero-order chi connectivity index (χ0) is 16.4. The van der Waals surface area contributed by atoms with Gasteiger partial charge in [0.2, 0.25) is 0 Å². The maximum absolute atomic E-state index is 12.5. The third kappa shape index (κ3) is 3.39. The highest BCUT2D eigenvalue weighted by molar-refractivity contribution is 7.91.